The number of nitrogens with zero attached hydrogens (tertiary/aromatic N) is 4. The summed E-state index contributed by atoms with van der Waals surface area (Å²) in [5, 5.41) is 14.8. The fraction of sp³-hybridized carbons (Fsp3) is 0.286. The molecule has 1 aromatic carbocycles. The molecule has 0 unspecified atom stereocenters. The molecule has 31 heavy (non-hydrogen) atoms. The lowest BCUT2D eigenvalue weighted by atomic mass is 10.3. The minimum Gasteiger partial charge on any atom is -0.345 e. The Bertz CT molecular complexity index is 1410. The molecule has 3 aromatic heterocycles. The van der Waals surface area contributed by atoms with Crippen molar-refractivity contribution >= 4 is 26.6 Å². The maximum atomic E-state index is 13.3. The number of nitrogens with one attached hydrogen (secondary N) is 2. The minimum atomic E-state index is -3.80. The van der Waals surface area contributed by atoms with Crippen molar-refractivity contribution in [1.29, 1.82) is 0 Å². The van der Waals surface area contributed by atoms with Gasteiger partial charge in [-0.3, -0.25) is 14.6 Å². The van der Waals surface area contributed by atoms with E-state index in [1.165, 1.54) is 12.1 Å². The summed E-state index contributed by atoms with van der Waals surface area (Å²) in [6.45, 7) is 1.97. The predicted molar refractivity (Wildman–Crippen MR) is 113 cm³/mol. The fourth-order valence-corrected chi connectivity index (χ4v) is 5.23. The second kappa shape index (κ2) is 7.09. The summed E-state index contributed by atoms with van der Waals surface area (Å²) in [5.41, 5.74) is 2.30. The molecule has 1 amide bonds. The number of aromatic nitrogens is 5. The molecule has 1 aliphatic carbocycles. The Balaban J connectivity index is 1.39. The molecule has 0 saturated heterocycles. The lowest BCUT2D eigenvalue weighted by Gasteiger charge is -2.06. The summed E-state index contributed by atoms with van der Waals surface area (Å²) in [6.07, 6.45) is 5.78. The number of sulfone groups is 1. The monoisotopic (exact) mass is 438 g/mol. The van der Waals surface area contributed by atoms with Gasteiger partial charge in [0.25, 0.3) is 5.91 Å². The number of rotatable bonds is 6. The molecule has 3 heterocycles. The first-order valence-corrected chi connectivity index (χ1v) is 11.5. The highest BCUT2D eigenvalue weighted by Gasteiger charge is 2.27. The van der Waals surface area contributed by atoms with Crippen molar-refractivity contribution in [3.05, 3.63) is 59.8 Å². The van der Waals surface area contributed by atoms with E-state index in [1.807, 2.05) is 16.9 Å². The third-order valence-electron chi connectivity index (χ3n) is 5.75. The zero-order valence-electron chi connectivity index (χ0n) is 17.2. The van der Waals surface area contributed by atoms with Gasteiger partial charge in [-0.15, -0.1) is 0 Å². The van der Waals surface area contributed by atoms with E-state index in [1.54, 1.807) is 36.9 Å². The Morgan fingerprint density at radius 1 is 1.26 bits per heavy atom. The molecule has 1 fully saturated rings. The maximum absolute atomic E-state index is 13.3. The minimum absolute atomic E-state index is 0.112. The molecule has 160 valence electrons. The maximum Gasteiger partial charge on any atom is 0.268 e. The number of amides is 1. The molecule has 5 rings (SSSR count). The highest BCUT2D eigenvalue weighted by atomic mass is 32.2. The van der Waals surface area contributed by atoms with Crippen molar-refractivity contribution in [2.45, 2.75) is 42.1 Å². The van der Waals surface area contributed by atoms with Crippen molar-refractivity contribution in [2.24, 2.45) is 7.05 Å². The number of hydrogen-bond donors (Lipinski definition) is 2. The number of aromatic amines is 1. The summed E-state index contributed by atoms with van der Waals surface area (Å²) in [5.74, 6) is -0.349. The molecule has 2 N–H and O–H groups in total. The summed E-state index contributed by atoms with van der Waals surface area (Å²) >= 11 is 0. The van der Waals surface area contributed by atoms with Gasteiger partial charge in [0.1, 0.15) is 5.69 Å². The molecule has 0 radical (unpaired) electrons. The smallest absolute Gasteiger partial charge is 0.268 e. The van der Waals surface area contributed by atoms with Gasteiger partial charge < -0.3 is 9.88 Å². The predicted octanol–water partition coefficient (Wildman–Crippen LogP) is 2.50. The van der Waals surface area contributed by atoms with E-state index in [0.717, 1.165) is 24.1 Å². The van der Waals surface area contributed by atoms with Crippen molar-refractivity contribution in [3.63, 3.8) is 0 Å². The van der Waals surface area contributed by atoms with Gasteiger partial charge in [-0.25, -0.2) is 8.42 Å². The highest BCUT2D eigenvalue weighted by Crippen LogP contribution is 2.34. The lowest BCUT2D eigenvalue weighted by Crippen LogP contribution is -2.25. The number of H-pyrrole nitrogens is 1. The average Bonchev–Trinajstić information content (AvgIpc) is 3.18. The summed E-state index contributed by atoms with van der Waals surface area (Å²) in [6, 6.07) is 8.60. The molecule has 0 aliphatic heterocycles. The Morgan fingerprint density at radius 2 is 2.06 bits per heavy atom. The van der Waals surface area contributed by atoms with Crippen LogP contribution in [-0.2, 0) is 23.4 Å². The summed E-state index contributed by atoms with van der Waals surface area (Å²) in [7, 11) is -2.11. The molecule has 4 aromatic rings. The summed E-state index contributed by atoms with van der Waals surface area (Å²) < 4.78 is 30.1. The summed E-state index contributed by atoms with van der Waals surface area (Å²) in [4.78, 5) is 13.1. The molecule has 1 saturated carbocycles. The van der Waals surface area contributed by atoms with Crippen LogP contribution in [0, 0.1) is 6.92 Å². The van der Waals surface area contributed by atoms with E-state index < -0.39 is 9.84 Å². The van der Waals surface area contributed by atoms with E-state index in [2.05, 4.69) is 20.6 Å². The van der Waals surface area contributed by atoms with Crippen LogP contribution in [0.1, 0.15) is 40.8 Å². The Labute approximate surface area is 179 Å². The molecule has 0 bridgehead atoms. The number of carbonyl (C=O) groups excluding carboxylic acids is 1. The molecule has 9 nitrogen and oxygen atoms in total. The second-order valence-electron chi connectivity index (χ2n) is 7.86. The Hall–Kier alpha value is -3.40. The molecule has 1 aliphatic rings. The Kier molecular flexibility index (Phi) is 4.47. The van der Waals surface area contributed by atoms with Gasteiger partial charge in [0.2, 0.25) is 9.84 Å². The van der Waals surface area contributed by atoms with E-state index in [4.69, 9.17) is 0 Å². The average molecular weight is 439 g/mol. The molecule has 10 heteroatoms. The highest BCUT2D eigenvalue weighted by molar-refractivity contribution is 7.91. The van der Waals surface area contributed by atoms with Gasteiger partial charge in [-0.1, -0.05) is 0 Å². The first-order chi connectivity index (χ1) is 14.8. The number of fused-ring (bicyclic) bond motifs is 1. The van der Waals surface area contributed by atoms with Crippen LogP contribution >= 0.6 is 0 Å². The van der Waals surface area contributed by atoms with Crippen LogP contribution in [0.2, 0.25) is 0 Å². The van der Waals surface area contributed by atoms with Crippen molar-refractivity contribution in [1.82, 2.24) is 29.9 Å². The van der Waals surface area contributed by atoms with E-state index in [-0.39, 0.29) is 27.9 Å². The SMILES string of the molecule is Cc1c(S(=O)(=O)c2ccc3[nH]ncc3c2)cc(C(=O)NCc2ccn(C3CC3)n2)n1C. The molecular formula is C21H22N6O3S. The number of benzene rings is 1. The molecular weight excluding hydrogens is 416 g/mol. The van der Waals surface area contributed by atoms with Crippen LogP contribution in [0.5, 0.6) is 0 Å². The normalized spacial score (nSPS) is 14.3. The van der Waals surface area contributed by atoms with E-state index in [9.17, 15) is 13.2 Å². The van der Waals surface area contributed by atoms with Crippen LogP contribution in [0.3, 0.4) is 0 Å². The standard InChI is InChI=1S/C21H22N6O3S/c1-13-20(31(29,30)17-5-6-18-14(9-17)11-23-24-18)10-19(26(13)2)21(28)22-12-15-7-8-27(25-15)16-3-4-16/h5-11,16H,3-4,12H2,1-2H3,(H,22,28)(H,23,24). The van der Waals surface area contributed by atoms with Crippen LogP contribution in [0.15, 0.2) is 52.5 Å². The Morgan fingerprint density at radius 3 is 2.84 bits per heavy atom. The second-order valence-corrected chi connectivity index (χ2v) is 9.78. The largest absolute Gasteiger partial charge is 0.345 e. The number of carbonyl (C=O) groups is 1. The van der Waals surface area contributed by atoms with Crippen LogP contribution in [0.4, 0.5) is 0 Å². The van der Waals surface area contributed by atoms with Crippen molar-refractivity contribution in [2.75, 3.05) is 0 Å². The van der Waals surface area contributed by atoms with Crippen LogP contribution < -0.4 is 5.32 Å². The van der Waals surface area contributed by atoms with Crippen molar-refractivity contribution in [3.8, 4) is 0 Å². The topological polar surface area (TPSA) is 115 Å². The van der Waals surface area contributed by atoms with Crippen LogP contribution in [0.25, 0.3) is 10.9 Å². The zero-order valence-corrected chi connectivity index (χ0v) is 18.0. The zero-order chi connectivity index (χ0) is 21.8. The van der Waals surface area contributed by atoms with E-state index >= 15 is 0 Å². The van der Waals surface area contributed by atoms with Gasteiger partial charge in [-0.05, 0) is 50.1 Å². The fourth-order valence-electron chi connectivity index (χ4n) is 3.65. The van der Waals surface area contributed by atoms with Crippen molar-refractivity contribution < 1.29 is 13.2 Å². The first kappa shape index (κ1) is 19.6. The number of hydrogen-bond acceptors (Lipinski definition) is 5. The van der Waals surface area contributed by atoms with Gasteiger partial charge >= 0.3 is 0 Å². The van der Waals surface area contributed by atoms with E-state index in [0.29, 0.717) is 17.1 Å². The quantitative estimate of drug-likeness (QED) is 0.480. The molecule has 0 atom stereocenters. The lowest BCUT2D eigenvalue weighted by molar-refractivity contribution is 0.0942. The van der Waals surface area contributed by atoms with Gasteiger partial charge in [-0.2, -0.15) is 10.2 Å². The van der Waals surface area contributed by atoms with Crippen LogP contribution in [-0.4, -0.2) is 38.9 Å². The molecule has 0 spiro atoms. The third kappa shape index (κ3) is 3.42. The third-order valence-corrected chi connectivity index (χ3v) is 7.61. The van der Waals surface area contributed by atoms with Gasteiger partial charge in [0.15, 0.2) is 0 Å². The van der Waals surface area contributed by atoms with Gasteiger partial charge in [0.05, 0.1) is 39.8 Å². The van der Waals surface area contributed by atoms with Gasteiger partial charge in [0, 0.05) is 24.3 Å². The first-order valence-electron chi connectivity index (χ1n) is 10.0.